The van der Waals surface area contributed by atoms with E-state index in [1.54, 1.807) is 12.1 Å². The topological polar surface area (TPSA) is 89.8 Å². The zero-order valence-electron chi connectivity index (χ0n) is 11.5. The van der Waals surface area contributed by atoms with Crippen molar-refractivity contribution in [3.8, 4) is 5.75 Å². The third-order valence-electron chi connectivity index (χ3n) is 3.84. The summed E-state index contributed by atoms with van der Waals surface area (Å²) in [5, 5.41) is 31.9. The van der Waals surface area contributed by atoms with Gasteiger partial charge in [-0.1, -0.05) is 17.7 Å². The second-order valence-electron chi connectivity index (χ2n) is 5.51. The fourth-order valence-corrected chi connectivity index (χ4v) is 2.68. The minimum Gasteiger partial charge on any atom is -0.508 e. The molecule has 0 radical (unpaired) electrons. The number of phenolic OH excluding ortho intramolecular Hbond substituents is 1. The van der Waals surface area contributed by atoms with Gasteiger partial charge in [0.1, 0.15) is 11.8 Å². The summed E-state index contributed by atoms with van der Waals surface area (Å²) in [6.45, 7) is 1.86. The van der Waals surface area contributed by atoms with E-state index in [9.17, 15) is 20.1 Å². The number of carbonyl (C=O) groups is 1. The number of hydrogen-bond acceptors (Lipinski definition) is 4. The maximum atomic E-state index is 11.5. The maximum Gasteiger partial charge on any atom is 0.325 e. The van der Waals surface area contributed by atoms with E-state index in [4.69, 9.17) is 0 Å². The summed E-state index contributed by atoms with van der Waals surface area (Å²) in [7, 11) is 0. The van der Waals surface area contributed by atoms with Crippen LogP contribution in [0.25, 0.3) is 0 Å². The number of aliphatic hydroxyl groups excluding tert-OH is 1. The molecule has 20 heavy (non-hydrogen) atoms. The molecule has 0 heterocycles. The van der Waals surface area contributed by atoms with Crippen LogP contribution in [0.15, 0.2) is 18.2 Å². The van der Waals surface area contributed by atoms with Gasteiger partial charge in [-0.15, -0.1) is 0 Å². The first-order valence-electron chi connectivity index (χ1n) is 6.94. The van der Waals surface area contributed by atoms with Gasteiger partial charge in [-0.25, -0.2) is 0 Å². The molecule has 1 fully saturated rings. The fraction of sp³-hybridized carbons (Fsp3) is 0.533. The standard InChI is InChI=1S/C15H21NO4/c1-9-2-7-13(18)12(8-9)14(15(19)20)16-10-3-5-11(17)6-4-10/h2,7-8,10-11,14,16-18H,3-6H2,1H3,(H,19,20). The van der Waals surface area contributed by atoms with Crippen molar-refractivity contribution < 1.29 is 20.1 Å². The molecule has 0 bridgehead atoms. The van der Waals surface area contributed by atoms with Crippen molar-refractivity contribution in [1.82, 2.24) is 5.32 Å². The van der Waals surface area contributed by atoms with Crippen molar-refractivity contribution in [2.75, 3.05) is 0 Å². The molecule has 1 aliphatic rings. The average Bonchev–Trinajstić information content (AvgIpc) is 2.41. The quantitative estimate of drug-likeness (QED) is 0.674. The number of rotatable bonds is 4. The molecule has 1 aromatic carbocycles. The van der Waals surface area contributed by atoms with Gasteiger partial charge in [-0.3, -0.25) is 10.1 Å². The van der Waals surface area contributed by atoms with Gasteiger partial charge in [0.15, 0.2) is 0 Å². The molecule has 110 valence electrons. The van der Waals surface area contributed by atoms with E-state index in [1.807, 2.05) is 6.92 Å². The van der Waals surface area contributed by atoms with Crippen molar-refractivity contribution in [2.24, 2.45) is 0 Å². The summed E-state index contributed by atoms with van der Waals surface area (Å²) in [6, 6.07) is 4.09. The predicted octanol–water partition coefficient (Wildman–Crippen LogP) is 1.72. The zero-order valence-corrected chi connectivity index (χ0v) is 11.5. The molecule has 1 saturated carbocycles. The van der Waals surface area contributed by atoms with E-state index in [-0.39, 0.29) is 17.9 Å². The fourth-order valence-electron chi connectivity index (χ4n) is 2.68. The van der Waals surface area contributed by atoms with Crippen LogP contribution in [-0.2, 0) is 4.79 Å². The van der Waals surface area contributed by atoms with Crippen LogP contribution in [0.2, 0.25) is 0 Å². The van der Waals surface area contributed by atoms with Gasteiger partial charge in [0.25, 0.3) is 0 Å². The molecule has 2 rings (SSSR count). The average molecular weight is 279 g/mol. The van der Waals surface area contributed by atoms with Crippen molar-refractivity contribution in [2.45, 2.75) is 50.8 Å². The van der Waals surface area contributed by atoms with Crippen LogP contribution < -0.4 is 5.32 Å². The number of hydrogen-bond donors (Lipinski definition) is 4. The van der Waals surface area contributed by atoms with Crippen LogP contribution in [0.1, 0.15) is 42.9 Å². The monoisotopic (exact) mass is 279 g/mol. The molecule has 4 N–H and O–H groups in total. The Morgan fingerprint density at radius 1 is 1.30 bits per heavy atom. The molecule has 0 aromatic heterocycles. The Labute approximate surface area is 118 Å². The molecule has 0 spiro atoms. The van der Waals surface area contributed by atoms with Crippen molar-refractivity contribution in [1.29, 1.82) is 0 Å². The zero-order chi connectivity index (χ0) is 14.7. The summed E-state index contributed by atoms with van der Waals surface area (Å²) in [5.41, 5.74) is 1.30. The highest BCUT2D eigenvalue weighted by molar-refractivity contribution is 5.76. The number of aliphatic hydroxyl groups is 1. The lowest BCUT2D eigenvalue weighted by molar-refractivity contribution is -0.140. The number of aliphatic carboxylic acids is 1. The molecule has 1 atom stereocenters. The Hall–Kier alpha value is -1.59. The molecule has 0 amide bonds. The van der Waals surface area contributed by atoms with Crippen LogP contribution in [0.5, 0.6) is 5.75 Å². The normalized spacial score (nSPS) is 24.3. The highest BCUT2D eigenvalue weighted by Crippen LogP contribution is 2.28. The highest BCUT2D eigenvalue weighted by atomic mass is 16.4. The van der Waals surface area contributed by atoms with E-state index in [2.05, 4.69) is 5.32 Å². The molecular formula is C15H21NO4. The summed E-state index contributed by atoms with van der Waals surface area (Å²) in [6.07, 6.45) is 2.59. The second-order valence-corrected chi connectivity index (χ2v) is 5.51. The smallest absolute Gasteiger partial charge is 0.325 e. The third kappa shape index (κ3) is 3.49. The van der Waals surface area contributed by atoms with Crippen molar-refractivity contribution >= 4 is 5.97 Å². The van der Waals surface area contributed by atoms with Gasteiger partial charge in [0.2, 0.25) is 0 Å². The van der Waals surface area contributed by atoms with E-state index in [1.165, 1.54) is 6.07 Å². The largest absolute Gasteiger partial charge is 0.508 e. The maximum absolute atomic E-state index is 11.5. The number of carboxylic acids is 1. The lowest BCUT2D eigenvalue weighted by atomic mass is 9.91. The minimum atomic E-state index is -1.00. The van der Waals surface area contributed by atoms with Crippen molar-refractivity contribution in [3.05, 3.63) is 29.3 Å². The Morgan fingerprint density at radius 2 is 1.95 bits per heavy atom. The number of aromatic hydroxyl groups is 1. The van der Waals surface area contributed by atoms with Crippen LogP contribution >= 0.6 is 0 Å². The Bertz CT molecular complexity index is 481. The molecule has 0 aliphatic heterocycles. The Balaban J connectivity index is 2.15. The first kappa shape index (κ1) is 14.8. The number of aryl methyl sites for hydroxylation is 1. The van der Waals surface area contributed by atoms with E-state index >= 15 is 0 Å². The van der Waals surface area contributed by atoms with Crippen molar-refractivity contribution in [3.63, 3.8) is 0 Å². The van der Waals surface area contributed by atoms with Gasteiger partial charge >= 0.3 is 5.97 Å². The SMILES string of the molecule is Cc1ccc(O)c(C(NC2CCC(O)CC2)C(=O)O)c1. The van der Waals surface area contributed by atoms with Crippen LogP contribution in [0.4, 0.5) is 0 Å². The predicted molar refractivity (Wildman–Crippen MR) is 74.6 cm³/mol. The number of phenols is 1. The molecule has 5 heteroatoms. The highest BCUT2D eigenvalue weighted by Gasteiger charge is 2.28. The van der Waals surface area contributed by atoms with Gasteiger partial charge in [0.05, 0.1) is 6.10 Å². The van der Waals surface area contributed by atoms with Gasteiger partial charge in [-0.2, -0.15) is 0 Å². The van der Waals surface area contributed by atoms with E-state index in [0.717, 1.165) is 18.4 Å². The number of nitrogens with one attached hydrogen (secondary N) is 1. The lowest BCUT2D eigenvalue weighted by Gasteiger charge is -2.29. The lowest BCUT2D eigenvalue weighted by Crippen LogP contribution is -2.40. The third-order valence-corrected chi connectivity index (χ3v) is 3.84. The molecular weight excluding hydrogens is 258 g/mol. The first-order valence-corrected chi connectivity index (χ1v) is 6.94. The molecule has 0 saturated heterocycles. The van der Waals surface area contributed by atoms with Gasteiger partial charge in [0, 0.05) is 11.6 Å². The van der Waals surface area contributed by atoms with E-state index < -0.39 is 12.0 Å². The van der Waals surface area contributed by atoms with Crippen LogP contribution in [0, 0.1) is 6.92 Å². The second kappa shape index (κ2) is 6.24. The molecule has 5 nitrogen and oxygen atoms in total. The number of benzene rings is 1. The summed E-state index contributed by atoms with van der Waals surface area (Å²) in [4.78, 5) is 11.5. The van der Waals surface area contributed by atoms with Crippen LogP contribution in [-0.4, -0.2) is 33.4 Å². The van der Waals surface area contributed by atoms with Crippen LogP contribution in [0.3, 0.4) is 0 Å². The Kier molecular flexibility index (Phi) is 4.62. The first-order chi connectivity index (χ1) is 9.47. The molecule has 1 aliphatic carbocycles. The summed E-state index contributed by atoms with van der Waals surface area (Å²) >= 11 is 0. The minimum absolute atomic E-state index is 0.00801. The molecule has 1 aromatic rings. The summed E-state index contributed by atoms with van der Waals surface area (Å²) < 4.78 is 0. The van der Waals surface area contributed by atoms with Gasteiger partial charge in [-0.05, 0) is 38.7 Å². The van der Waals surface area contributed by atoms with E-state index in [0.29, 0.717) is 18.4 Å². The van der Waals surface area contributed by atoms with Gasteiger partial charge < -0.3 is 15.3 Å². The molecule has 1 unspecified atom stereocenters. The summed E-state index contributed by atoms with van der Waals surface area (Å²) in [5.74, 6) is -1.01. The Morgan fingerprint density at radius 3 is 2.55 bits per heavy atom. The number of carboxylic acid groups (broad SMARTS) is 1.